The maximum absolute atomic E-state index is 10.5. The maximum Gasteiger partial charge on any atom is 0.0890 e. The first-order valence-corrected chi connectivity index (χ1v) is 7.94. The van der Waals surface area contributed by atoms with Gasteiger partial charge in [-0.25, -0.2) is 0 Å². The number of benzene rings is 2. The van der Waals surface area contributed by atoms with Gasteiger partial charge in [0.1, 0.15) is 0 Å². The zero-order valence-electron chi connectivity index (χ0n) is 11.9. The van der Waals surface area contributed by atoms with E-state index < -0.39 is 6.10 Å². The number of hydrogen-bond acceptors (Lipinski definition) is 3. The Hall–Kier alpha value is -1.84. The highest BCUT2D eigenvalue weighted by Crippen LogP contribution is 2.28. The minimum absolute atomic E-state index is 0.497. The second-order valence-electron chi connectivity index (χ2n) is 5.06. The van der Waals surface area contributed by atoms with Crippen LogP contribution in [0, 0.1) is 6.92 Å². The second-order valence-corrected chi connectivity index (χ2v) is 6.15. The van der Waals surface area contributed by atoms with E-state index in [1.165, 1.54) is 10.5 Å². The first kappa shape index (κ1) is 14.1. The van der Waals surface area contributed by atoms with Crippen molar-refractivity contribution in [2.45, 2.75) is 17.9 Å². The first-order chi connectivity index (χ1) is 10.2. The third-order valence-corrected chi connectivity index (χ3v) is 4.51. The van der Waals surface area contributed by atoms with Crippen molar-refractivity contribution in [2.24, 2.45) is 0 Å². The van der Waals surface area contributed by atoms with Gasteiger partial charge in [0.25, 0.3) is 0 Å². The Morgan fingerprint density at radius 3 is 2.81 bits per heavy atom. The lowest BCUT2D eigenvalue weighted by Gasteiger charge is -2.13. The number of aryl methyl sites for hydroxylation is 1. The molecule has 21 heavy (non-hydrogen) atoms. The minimum Gasteiger partial charge on any atom is -0.388 e. The predicted molar refractivity (Wildman–Crippen MR) is 88.6 cm³/mol. The molecular weight excluding hydrogens is 278 g/mol. The van der Waals surface area contributed by atoms with Crippen LogP contribution in [0.15, 0.2) is 65.7 Å². The van der Waals surface area contributed by atoms with Crippen LogP contribution in [0.25, 0.3) is 10.9 Å². The Labute approximate surface area is 128 Å². The summed E-state index contributed by atoms with van der Waals surface area (Å²) in [5, 5.41) is 11.5. The molecule has 0 aliphatic rings. The third kappa shape index (κ3) is 3.26. The molecule has 3 aromatic rings. The van der Waals surface area contributed by atoms with Crippen molar-refractivity contribution in [3.8, 4) is 0 Å². The van der Waals surface area contributed by atoms with Crippen LogP contribution in [0.3, 0.4) is 0 Å². The highest BCUT2D eigenvalue weighted by Gasteiger charge is 2.12. The van der Waals surface area contributed by atoms with Gasteiger partial charge in [0, 0.05) is 22.2 Å². The van der Waals surface area contributed by atoms with Gasteiger partial charge in [-0.2, -0.15) is 0 Å². The molecule has 0 radical (unpaired) electrons. The summed E-state index contributed by atoms with van der Waals surface area (Å²) in [5.74, 6) is 0.636. The molecule has 3 rings (SSSR count). The summed E-state index contributed by atoms with van der Waals surface area (Å²) in [5.41, 5.74) is 3.11. The lowest BCUT2D eigenvalue weighted by atomic mass is 10.0. The molecule has 1 heterocycles. The minimum atomic E-state index is -0.497. The molecule has 1 unspecified atom stereocenters. The molecule has 0 aliphatic carbocycles. The van der Waals surface area contributed by atoms with Gasteiger partial charge >= 0.3 is 0 Å². The van der Waals surface area contributed by atoms with E-state index in [-0.39, 0.29) is 0 Å². The summed E-state index contributed by atoms with van der Waals surface area (Å²) in [6.07, 6.45) is 1.28. The molecule has 1 N–H and O–H groups in total. The molecule has 3 heteroatoms. The lowest BCUT2D eigenvalue weighted by molar-refractivity contribution is 0.205. The van der Waals surface area contributed by atoms with E-state index in [9.17, 15) is 5.11 Å². The van der Waals surface area contributed by atoms with Gasteiger partial charge in [0.05, 0.1) is 11.6 Å². The number of aromatic nitrogens is 1. The molecule has 0 saturated carbocycles. The van der Waals surface area contributed by atoms with Crippen LogP contribution in [-0.4, -0.2) is 15.8 Å². The summed E-state index contributed by atoms with van der Waals surface area (Å²) >= 11 is 1.68. The number of nitrogens with zero attached hydrogens (tertiary/aromatic N) is 1. The Morgan fingerprint density at radius 1 is 1.10 bits per heavy atom. The highest BCUT2D eigenvalue weighted by molar-refractivity contribution is 7.99. The molecule has 0 saturated heterocycles. The van der Waals surface area contributed by atoms with Gasteiger partial charge in [0.2, 0.25) is 0 Å². The Balaban J connectivity index is 1.79. The molecule has 2 aromatic carbocycles. The number of thioether (sulfide) groups is 1. The van der Waals surface area contributed by atoms with E-state index in [4.69, 9.17) is 0 Å². The average molecular weight is 295 g/mol. The SMILES string of the molecule is Cc1cccc(SCC(O)c2cccc3ncccc23)c1. The average Bonchev–Trinajstić information content (AvgIpc) is 2.52. The number of aliphatic hydroxyl groups is 1. The molecule has 1 atom stereocenters. The van der Waals surface area contributed by atoms with Gasteiger partial charge in [-0.05, 0) is 36.8 Å². The van der Waals surface area contributed by atoms with E-state index >= 15 is 0 Å². The summed E-state index contributed by atoms with van der Waals surface area (Å²) in [4.78, 5) is 5.52. The second kappa shape index (κ2) is 6.29. The van der Waals surface area contributed by atoms with Crippen LogP contribution in [0.1, 0.15) is 17.2 Å². The summed E-state index contributed by atoms with van der Waals surface area (Å²) in [7, 11) is 0. The predicted octanol–water partition coefficient (Wildman–Crippen LogP) is 4.37. The van der Waals surface area contributed by atoms with Crippen LogP contribution < -0.4 is 0 Å². The van der Waals surface area contributed by atoms with E-state index in [0.717, 1.165) is 16.5 Å². The molecule has 0 bridgehead atoms. The van der Waals surface area contributed by atoms with Crippen LogP contribution in [0.4, 0.5) is 0 Å². The van der Waals surface area contributed by atoms with Gasteiger partial charge in [-0.3, -0.25) is 4.98 Å². The zero-order chi connectivity index (χ0) is 14.7. The summed E-state index contributed by atoms with van der Waals surface area (Å²) in [6, 6.07) is 18.2. The summed E-state index contributed by atoms with van der Waals surface area (Å²) < 4.78 is 0. The van der Waals surface area contributed by atoms with Crippen molar-refractivity contribution >= 4 is 22.7 Å². The summed E-state index contributed by atoms with van der Waals surface area (Å²) in [6.45, 7) is 2.08. The molecule has 0 aliphatic heterocycles. The molecule has 0 amide bonds. The highest BCUT2D eigenvalue weighted by atomic mass is 32.2. The maximum atomic E-state index is 10.5. The fraction of sp³-hybridized carbons (Fsp3) is 0.167. The van der Waals surface area contributed by atoms with Crippen molar-refractivity contribution < 1.29 is 5.11 Å². The smallest absolute Gasteiger partial charge is 0.0890 e. The monoisotopic (exact) mass is 295 g/mol. The van der Waals surface area contributed by atoms with Gasteiger partial charge in [-0.1, -0.05) is 35.9 Å². The molecule has 2 nitrogen and oxygen atoms in total. The molecular formula is C18H17NOS. The number of fused-ring (bicyclic) bond motifs is 1. The van der Waals surface area contributed by atoms with Gasteiger partial charge in [0.15, 0.2) is 0 Å². The fourth-order valence-corrected chi connectivity index (χ4v) is 3.36. The quantitative estimate of drug-likeness (QED) is 0.726. The molecule has 0 spiro atoms. The van der Waals surface area contributed by atoms with Gasteiger partial charge in [-0.15, -0.1) is 11.8 Å². The largest absolute Gasteiger partial charge is 0.388 e. The lowest BCUT2D eigenvalue weighted by Crippen LogP contribution is -2.01. The normalized spacial score (nSPS) is 12.5. The van der Waals surface area contributed by atoms with Crippen molar-refractivity contribution in [3.05, 3.63) is 71.9 Å². The van der Waals surface area contributed by atoms with E-state index in [0.29, 0.717) is 5.75 Å². The van der Waals surface area contributed by atoms with Crippen LogP contribution >= 0.6 is 11.8 Å². The zero-order valence-corrected chi connectivity index (χ0v) is 12.7. The molecule has 1 aromatic heterocycles. The topological polar surface area (TPSA) is 33.1 Å². The van der Waals surface area contributed by atoms with E-state index in [1.54, 1.807) is 18.0 Å². The van der Waals surface area contributed by atoms with E-state index in [1.807, 2.05) is 36.4 Å². The van der Waals surface area contributed by atoms with Crippen molar-refractivity contribution in [1.82, 2.24) is 4.98 Å². The van der Waals surface area contributed by atoms with Crippen LogP contribution in [0.2, 0.25) is 0 Å². The Bertz CT molecular complexity index is 752. The number of hydrogen-bond donors (Lipinski definition) is 1. The number of rotatable bonds is 4. The van der Waals surface area contributed by atoms with Crippen LogP contribution in [-0.2, 0) is 0 Å². The Morgan fingerprint density at radius 2 is 1.95 bits per heavy atom. The molecule has 0 fully saturated rings. The van der Waals surface area contributed by atoms with E-state index in [2.05, 4.69) is 30.1 Å². The van der Waals surface area contributed by atoms with Crippen molar-refractivity contribution in [2.75, 3.05) is 5.75 Å². The van der Waals surface area contributed by atoms with Crippen molar-refractivity contribution in [3.63, 3.8) is 0 Å². The van der Waals surface area contributed by atoms with Crippen LogP contribution in [0.5, 0.6) is 0 Å². The standard InChI is InChI=1S/C18H17NOS/c1-13-5-2-6-14(11-13)21-12-18(20)16-7-3-9-17-15(16)8-4-10-19-17/h2-11,18,20H,12H2,1H3. The third-order valence-electron chi connectivity index (χ3n) is 3.44. The molecule has 106 valence electrons. The fourth-order valence-electron chi connectivity index (χ4n) is 2.39. The number of aliphatic hydroxyl groups excluding tert-OH is 1. The van der Waals surface area contributed by atoms with Crippen molar-refractivity contribution in [1.29, 1.82) is 0 Å². The number of pyridine rings is 1. The van der Waals surface area contributed by atoms with Gasteiger partial charge < -0.3 is 5.11 Å². The Kier molecular flexibility index (Phi) is 4.23. The first-order valence-electron chi connectivity index (χ1n) is 6.95.